The number of carbonyl (C=O) groups is 1. The molecule has 1 aliphatic heterocycles. The van der Waals surface area contributed by atoms with Crippen molar-refractivity contribution in [2.45, 2.75) is 27.1 Å². The van der Waals surface area contributed by atoms with E-state index in [2.05, 4.69) is 5.10 Å². The predicted octanol–water partition coefficient (Wildman–Crippen LogP) is 4.77. The summed E-state index contributed by atoms with van der Waals surface area (Å²) in [5.74, 6) is 0.209. The van der Waals surface area contributed by atoms with Crippen LogP contribution in [0, 0.1) is 13.8 Å². The molecule has 3 aromatic rings. The SMILES string of the molecule is Cc1nn(-c2ccccc2)c(C)c1/C=C/C(=O)OCc1cc(Cl)cc2c1OCOC2. The molecular formula is C23H21ClN2O4. The molecule has 0 unspecified atom stereocenters. The molecule has 0 saturated carbocycles. The number of halogens is 1. The molecule has 7 heteroatoms. The lowest BCUT2D eigenvalue weighted by atomic mass is 10.1. The summed E-state index contributed by atoms with van der Waals surface area (Å²) in [6, 6.07) is 13.4. The van der Waals surface area contributed by atoms with Crippen molar-refractivity contribution < 1.29 is 19.0 Å². The Bertz CT molecular complexity index is 1110. The van der Waals surface area contributed by atoms with Gasteiger partial charge in [0.2, 0.25) is 0 Å². The van der Waals surface area contributed by atoms with E-state index in [1.54, 1.807) is 18.2 Å². The average molecular weight is 425 g/mol. The lowest BCUT2D eigenvalue weighted by Crippen LogP contribution is -2.14. The highest BCUT2D eigenvalue weighted by Gasteiger charge is 2.17. The van der Waals surface area contributed by atoms with Crippen LogP contribution in [0.2, 0.25) is 5.02 Å². The van der Waals surface area contributed by atoms with Gasteiger partial charge in [-0.05, 0) is 44.2 Å². The topological polar surface area (TPSA) is 62.6 Å². The minimum Gasteiger partial charge on any atom is -0.467 e. The number of fused-ring (bicyclic) bond motifs is 1. The minimum atomic E-state index is -0.456. The van der Waals surface area contributed by atoms with Crippen molar-refractivity contribution in [1.29, 1.82) is 0 Å². The molecule has 1 aliphatic rings. The van der Waals surface area contributed by atoms with E-state index in [4.69, 9.17) is 25.8 Å². The van der Waals surface area contributed by atoms with Crippen LogP contribution in [-0.2, 0) is 27.5 Å². The van der Waals surface area contributed by atoms with E-state index in [1.807, 2.05) is 48.9 Å². The number of esters is 1. The van der Waals surface area contributed by atoms with Gasteiger partial charge in [-0.25, -0.2) is 9.48 Å². The highest BCUT2D eigenvalue weighted by molar-refractivity contribution is 6.30. The number of hydrogen-bond donors (Lipinski definition) is 0. The van der Waals surface area contributed by atoms with Gasteiger partial charge < -0.3 is 14.2 Å². The average Bonchev–Trinajstić information content (AvgIpc) is 3.04. The maximum atomic E-state index is 12.3. The molecule has 0 saturated heterocycles. The minimum absolute atomic E-state index is 0.0628. The summed E-state index contributed by atoms with van der Waals surface area (Å²) in [4.78, 5) is 12.3. The quantitative estimate of drug-likeness (QED) is 0.436. The number of ether oxygens (including phenoxy) is 3. The number of aromatic nitrogens is 2. The normalized spacial score (nSPS) is 13.2. The van der Waals surface area contributed by atoms with Crippen LogP contribution in [0.3, 0.4) is 0 Å². The van der Waals surface area contributed by atoms with Gasteiger partial charge in [0, 0.05) is 33.5 Å². The molecule has 2 aromatic carbocycles. The molecule has 0 fully saturated rings. The van der Waals surface area contributed by atoms with Crippen LogP contribution < -0.4 is 4.74 Å². The van der Waals surface area contributed by atoms with Gasteiger partial charge in [-0.2, -0.15) is 5.10 Å². The maximum absolute atomic E-state index is 12.3. The monoisotopic (exact) mass is 424 g/mol. The second-order valence-corrected chi connectivity index (χ2v) is 7.37. The molecule has 0 bridgehead atoms. The first-order valence-electron chi connectivity index (χ1n) is 9.51. The highest BCUT2D eigenvalue weighted by atomic mass is 35.5. The maximum Gasteiger partial charge on any atom is 0.331 e. The first-order chi connectivity index (χ1) is 14.5. The summed E-state index contributed by atoms with van der Waals surface area (Å²) in [6.45, 7) is 4.53. The molecule has 0 N–H and O–H groups in total. The molecule has 0 radical (unpaired) electrons. The van der Waals surface area contributed by atoms with Gasteiger partial charge in [0.05, 0.1) is 18.0 Å². The van der Waals surface area contributed by atoms with Crippen LogP contribution in [0.4, 0.5) is 0 Å². The summed E-state index contributed by atoms with van der Waals surface area (Å²) < 4.78 is 18.1. The van der Waals surface area contributed by atoms with Crippen molar-refractivity contribution in [2.24, 2.45) is 0 Å². The van der Waals surface area contributed by atoms with Crippen molar-refractivity contribution in [2.75, 3.05) is 6.79 Å². The third kappa shape index (κ3) is 4.25. The summed E-state index contributed by atoms with van der Waals surface area (Å²) in [7, 11) is 0. The zero-order valence-corrected chi connectivity index (χ0v) is 17.5. The zero-order valence-electron chi connectivity index (χ0n) is 16.7. The molecule has 4 rings (SSSR count). The Hall–Kier alpha value is -3.09. The summed E-state index contributed by atoms with van der Waals surface area (Å²) in [5.41, 5.74) is 5.19. The van der Waals surface area contributed by atoms with Gasteiger partial charge in [0.15, 0.2) is 6.79 Å². The zero-order chi connectivity index (χ0) is 21.1. The van der Waals surface area contributed by atoms with E-state index >= 15 is 0 Å². The standard InChI is InChI=1S/C23H21ClN2O4/c1-15-21(16(2)26(25-15)20-6-4-3-5-7-20)8-9-22(27)29-13-18-11-19(24)10-17-12-28-14-30-23(17)18/h3-11H,12-14H2,1-2H3/b9-8+. The molecule has 2 heterocycles. The van der Waals surface area contributed by atoms with E-state index in [0.29, 0.717) is 22.9 Å². The van der Waals surface area contributed by atoms with Gasteiger partial charge in [-0.15, -0.1) is 0 Å². The molecule has 1 aromatic heterocycles. The summed E-state index contributed by atoms with van der Waals surface area (Å²) >= 11 is 6.15. The number of aryl methyl sites for hydroxylation is 1. The molecule has 6 nitrogen and oxygen atoms in total. The Morgan fingerprint density at radius 3 is 2.87 bits per heavy atom. The number of benzene rings is 2. The molecule has 0 atom stereocenters. The smallest absolute Gasteiger partial charge is 0.331 e. The van der Waals surface area contributed by atoms with Crippen LogP contribution in [-0.4, -0.2) is 22.5 Å². The molecule has 0 spiro atoms. The van der Waals surface area contributed by atoms with Crippen molar-refractivity contribution in [3.63, 3.8) is 0 Å². The van der Waals surface area contributed by atoms with Crippen LogP contribution in [0.25, 0.3) is 11.8 Å². The molecule has 0 aliphatic carbocycles. The van der Waals surface area contributed by atoms with Crippen LogP contribution >= 0.6 is 11.6 Å². The Kier molecular flexibility index (Phi) is 5.88. The Morgan fingerprint density at radius 2 is 2.07 bits per heavy atom. The fraction of sp³-hybridized carbons (Fsp3) is 0.217. The number of hydrogen-bond acceptors (Lipinski definition) is 5. The summed E-state index contributed by atoms with van der Waals surface area (Å²) in [5, 5.41) is 5.13. The van der Waals surface area contributed by atoms with Crippen LogP contribution in [0.15, 0.2) is 48.5 Å². The van der Waals surface area contributed by atoms with E-state index in [-0.39, 0.29) is 13.4 Å². The lowest BCUT2D eigenvalue weighted by Gasteiger charge is -2.20. The lowest BCUT2D eigenvalue weighted by molar-refractivity contribution is -0.139. The van der Waals surface area contributed by atoms with Crippen molar-refractivity contribution in [1.82, 2.24) is 9.78 Å². The molecular weight excluding hydrogens is 404 g/mol. The highest BCUT2D eigenvalue weighted by Crippen LogP contribution is 2.32. The number of nitrogens with zero attached hydrogens (tertiary/aromatic N) is 2. The van der Waals surface area contributed by atoms with Crippen molar-refractivity contribution in [3.8, 4) is 11.4 Å². The van der Waals surface area contributed by atoms with Gasteiger partial charge in [-0.1, -0.05) is 29.8 Å². The summed E-state index contributed by atoms with van der Waals surface area (Å²) in [6.07, 6.45) is 3.14. The predicted molar refractivity (Wildman–Crippen MR) is 114 cm³/mol. The fourth-order valence-electron chi connectivity index (χ4n) is 3.43. The number of para-hydroxylation sites is 1. The Morgan fingerprint density at radius 1 is 1.27 bits per heavy atom. The molecule has 154 valence electrons. The van der Waals surface area contributed by atoms with E-state index < -0.39 is 5.97 Å². The molecule has 0 amide bonds. The third-order valence-corrected chi connectivity index (χ3v) is 5.07. The van der Waals surface area contributed by atoms with Gasteiger partial charge >= 0.3 is 5.97 Å². The van der Waals surface area contributed by atoms with E-state index in [0.717, 1.165) is 28.2 Å². The first-order valence-corrected chi connectivity index (χ1v) is 9.89. The third-order valence-electron chi connectivity index (χ3n) is 4.86. The van der Waals surface area contributed by atoms with Gasteiger partial charge in [-0.3, -0.25) is 0 Å². The largest absolute Gasteiger partial charge is 0.467 e. The van der Waals surface area contributed by atoms with Crippen molar-refractivity contribution in [3.05, 3.63) is 81.6 Å². The first kappa shape index (κ1) is 20.2. The van der Waals surface area contributed by atoms with Crippen LogP contribution in [0.5, 0.6) is 5.75 Å². The van der Waals surface area contributed by atoms with Crippen molar-refractivity contribution >= 4 is 23.6 Å². The molecule has 30 heavy (non-hydrogen) atoms. The number of rotatable bonds is 5. The Balaban J connectivity index is 1.47. The Labute approximate surface area is 179 Å². The van der Waals surface area contributed by atoms with Gasteiger partial charge in [0.25, 0.3) is 0 Å². The van der Waals surface area contributed by atoms with E-state index in [9.17, 15) is 4.79 Å². The number of carbonyl (C=O) groups excluding carboxylic acids is 1. The second-order valence-electron chi connectivity index (χ2n) is 6.94. The van der Waals surface area contributed by atoms with Gasteiger partial charge in [0.1, 0.15) is 12.4 Å². The fourth-order valence-corrected chi connectivity index (χ4v) is 3.69. The second kappa shape index (κ2) is 8.73. The van der Waals surface area contributed by atoms with Crippen LogP contribution in [0.1, 0.15) is 28.1 Å². The van der Waals surface area contributed by atoms with E-state index in [1.165, 1.54) is 6.08 Å².